The molecule has 15 heavy (non-hydrogen) atoms. The summed E-state index contributed by atoms with van der Waals surface area (Å²) in [5.74, 6) is 0.648. The SMILES string of the molecule is CC1CN(CCCCO)c2ccccc21. The normalized spacial score (nSPS) is 19.3. The summed E-state index contributed by atoms with van der Waals surface area (Å²) in [6, 6.07) is 8.66. The lowest BCUT2D eigenvalue weighted by Gasteiger charge is -2.19. The third-order valence-electron chi connectivity index (χ3n) is 3.14. The number of fused-ring (bicyclic) bond motifs is 1. The van der Waals surface area contributed by atoms with E-state index in [1.54, 1.807) is 0 Å². The van der Waals surface area contributed by atoms with Crippen molar-refractivity contribution in [3.63, 3.8) is 0 Å². The van der Waals surface area contributed by atoms with Gasteiger partial charge in [0.15, 0.2) is 0 Å². The maximum atomic E-state index is 8.77. The van der Waals surface area contributed by atoms with E-state index in [9.17, 15) is 0 Å². The Morgan fingerprint density at radius 1 is 1.33 bits per heavy atom. The van der Waals surface area contributed by atoms with E-state index in [2.05, 4.69) is 36.1 Å². The average molecular weight is 205 g/mol. The number of benzene rings is 1. The molecule has 2 heteroatoms. The monoisotopic (exact) mass is 205 g/mol. The highest BCUT2D eigenvalue weighted by Crippen LogP contribution is 2.35. The van der Waals surface area contributed by atoms with Crippen LogP contribution in [-0.2, 0) is 0 Å². The second-order valence-corrected chi connectivity index (χ2v) is 4.34. The van der Waals surface area contributed by atoms with Crippen LogP contribution in [-0.4, -0.2) is 24.8 Å². The standard InChI is InChI=1S/C13H19NO/c1-11-10-14(8-4-5-9-15)13-7-3-2-6-12(11)13/h2-3,6-7,11,15H,4-5,8-10H2,1H3. The fourth-order valence-electron chi connectivity index (χ4n) is 2.35. The topological polar surface area (TPSA) is 23.5 Å². The molecule has 0 saturated heterocycles. The molecule has 2 nitrogen and oxygen atoms in total. The molecule has 0 aromatic heterocycles. The lowest BCUT2D eigenvalue weighted by atomic mass is 10.0. The summed E-state index contributed by atoms with van der Waals surface area (Å²) >= 11 is 0. The Kier molecular flexibility index (Phi) is 3.27. The minimum absolute atomic E-state index is 0.311. The Morgan fingerprint density at radius 3 is 2.93 bits per heavy atom. The van der Waals surface area contributed by atoms with Crippen molar-refractivity contribution in [2.45, 2.75) is 25.7 Å². The smallest absolute Gasteiger partial charge is 0.0431 e. The van der Waals surface area contributed by atoms with Gasteiger partial charge in [0.1, 0.15) is 0 Å². The minimum Gasteiger partial charge on any atom is -0.396 e. The molecule has 2 rings (SSSR count). The van der Waals surface area contributed by atoms with E-state index in [1.165, 1.54) is 11.3 Å². The second-order valence-electron chi connectivity index (χ2n) is 4.34. The van der Waals surface area contributed by atoms with Crippen LogP contribution in [0.1, 0.15) is 31.2 Å². The van der Waals surface area contributed by atoms with E-state index in [-0.39, 0.29) is 0 Å². The molecule has 0 amide bonds. The lowest BCUT2D eigenvalue weighted by molar-refractivity contribution is 0.285. The fourth-order valence-corrected chi connectivity index (χ4v) is 2.35. The molecule has 0 radical (unpaired) electrons. The number of hydrogen-bond donors (Lipinski definition) is 1. The zero-order valence-electron chi connectivity index (χ0n) is 9.32. The molecule has 1 heterocycles. The first-order valence-electron chi connectivity index (χ1n) is 5.77. The molecular formula is C13H19NO. The summed E-state index contributed by atoms with van der Waals surface area (Å²) < 4.78 is 0. The number of para-hydroxylation sites is 1. The van der Waals surface area contributed by atoms with Crippen molar-refractivity contribution in [3.8, 4) is 0 Å². The van der Waals surface area contributed by atoms with Gasteiger partial charge in [-0.15, -0.1) is 0 Å². The van der Waals surface area contributed by atoms with Gasteiger partial charge in [-0.1, -0.05) is 25.1 Å². The molecule has 1 aromatic carbocycles. The molecule has 0 aliphatic carbocycles. The first-order valence-corrected chi connectivity index (χ1v) is 5.77. The minimum atomic E-state index is 0.311. The van der Waals surface area contributed by atoms with Crippen LogP contribution in [0.4, 0.5) is 5.69 Å². The number of anilines is 1. The van der Waals surface area contributed by atoms with Crippen LogP contribution in [0.2, 0.25) is 0 Å². The Hall–Kier alpha value is -1.02. The molecule has 1 aliphatic rings. The van der Waals surface area contributed by atoms with Gasteiger partial charge in [-0.2, -0.15) is 0 Å². The molecule has 1 aliphatic heterocycles. The zero-order chi connectivity index (χ0) is 10.7. The van der Waals surface area contributed by atoms with Gasteiger partial charge in [-0.25, -0.2) is 0 Å². The number of aliphatic hydroxyl groups is 1. The molecule has 0 fully saturated rings. The Bertz CT molecular complexity index is 324. The highest BCUT2D eigenvalue weighted by molar-refractivity contribution is 5.59. The Labute approximate surface area is 91.5 Å². The van der Waals surface area contributed by atoms with Gasteiger partial charge in [0.05, 0.1) is 0 Å². The van der Waals surface area contributed by atoms with Crippen LogP contribution in [0, 0.1) is 0 Å². The van der Waals surface area contributed by atoms with Crippen LogP contribution < -0.4 is 4.90 Å². The number of hydrogen-bond acceptors (Lipinski definition) is 2. The molecule has 0 saturated carbocycles. The van der Waals surface area contributed by atoms with Crippen LogP contribution in [0.3, 0.4) is 0 Å². The third-order valence-corrected chi connectivity index (χ3v) is 3.14. The molecule has 1 aromatic rings. The van der Waals surface area contributed by atoms with E-state index in [0.29, 0.717) is 12.5 Å². The van der Waals surface area contributed by atoms with Gasteiger partial charge < -0.3 is 10.0 Å². The van der Waals surface area contributed by atoms with Gasteiger partial charge in [0.2, 0.25) is 0 Å². The number of nitrogens with zero attached hydrogens (tertiary/aromatic N) is 1. The van der Waals surface area contributed by atoms with Gasteiger partial charge in [0, 0.05) is 31.3 Å². The third kappa shape index (κ3) is 2.15. The predicted molar refractivity (Wildman–Crippen MR) is 63.4 cm³/mol. The largest absolute Gasteiger partial charge is 0.396 e. The molecule has 1 unspecified atom stereocenters. The van der Waals surface area contributed by atoms with E-state index >= 15 is 0 Å². The molecular weight excluding hydrogens is 186 g/mol. The summed E-state index contributed by atoms with van der Waals surface area (Å²) in [7, 11) is 0. The van der Waals surface area contributed by atoms with Crippen LogP contribution in [0.25, 0.3) is 0 Å². The number of aliphatic hydroxyl groups excluding tert-OH is 1. The van der Waals surface area contributed by atoms with Crippen molar-refractivity contribution in [2.75, 3.05) is 24.6 Å². The predicted octanol–water partition coefficient (Wildman–Crippen LogP) is 2.38. The van der Waals surface area contributed by atoms with Gasteiger partial charge >= 0.3 is 0 Å². The van der Waals surface area contributed by atoms with Crippen molar-refractivity contribution in [2.24, 2.45) is 0 Å². The molecule has 1 N–H and O–H groups in total. The maximum Gasteiger partial charge on any atom is 0.0431 e. The van der Waals surface area contributed by atoms with Crippen molar-refractivity contribution in [1.29, 1.82) is 0 Å². The highest BCUT2D eigenvalue weighted by atomic mass is 16.2. The van der Waals surface area contributed by atoms with Crippen molar-refractivity contribution >= 4 is 5.69 Å². The maximum absolute atomic E-state index is 8.77. The summed E-state index contributed by atoms with van der Waals surface area (Å²) in [5.41, 5.74) is 2.87. The van der Waals surface area contributed by atoms with Gasteiger partial charge in [-0.3, -0.25) is 0 Å². The number of rotatable bonds is 4. The Morgan fingerprint density at radius 2 is 2.13 bits per heavy atom. The van der Waals surface area contributed by atoms with Crippen LogP contribution in [0.5, 0.6) is 0 Å². The summed E-state index contributed by atoms with van der Waals surface area (Å²) in [6.07, 6.45) is 1.99. The summed E-state index contributed by atoms with van der Waals surface area (Å²) in [6.45, 7) is 4.79. The molecule has 0 bridgehead atoms. The fraction of sp³-hybridized carbons (Fsp3) is 0.538. The van der Waals surface area contributed by atoms with E-state index in [1.807, 2.05) is 0 Å². The van der Waals surface area contributed by atoms with E-state index in [0.717, 1.165) is 25.9 Å². The summed E-state index contributed by atoms with van der Waals surface area (Å²) in [4.78, 5) is 2.44. The molecule has 1 atom stereocenters. The number of unbranched alkanes of at least 4 members (excludes halogenated alkanes) is 1. The zero-order valence-corrected chi connectivity index (χ0v) is 9.32. The highest BCUT2D eigenvalue weighted by Gasteiger charge is 2.23. The van der Waals surface area contributed by atoms with Crippen molar-refractivity contribution in [3.05, 3.63) is 29.8 Å². The second kappa shape index (κ2) is 4.67. The van der Waals surface area contributed by atoms with Crippen LogP contribution >= 0.6 is 0 Å². The van der Waals surface area contributed by atoms with Crippen molar-refractivity contribution < 1.29 is 5.11 Å². The first-order chi connectivity index (χ1) is 7.33. The molecule has 0 spiro atoms. The summed E-state index contributed by atoms with van der Waals surface area (Å²) in [5, 5.41) is 8.77. The van der Waals surface area contributed by atoms with Gasteiger partial charge in [0.25, 0.3) is 0 Å². The molecule has 82 valence electrons. The lowest BCUT2D eigenvalue weighted by Crippen LogP contribution is -2.22. The van der Waals surface area contributed by atoms with Crippen molar-refractivity contribution in [1.82, 2.24) is 0 Å². The van der Waals surface area contributed by atoms with Crippen LogP contribution in [0.15, 0.2) is 24.3 Å². The average Bonchev–Trinajstić information content (AvgIpc) is 2.58. The first kappa shape index (κ1) is 10.5. The van der Waals surface area contributed by atoms with E-state index < -0.39 is 0 Å². The Balaban J connectivity index is 2.04. The quantitative estimate of drug-likeness (QED) is 0.763. The van der Waals surface area contributed by atoms with E-state index in [4.69, 9.17) is 5.11 Å². The van der Waals surface area contributed by atoms with Gasteiger partial charge in [-0.05, 0) is 24.5 Å².